The van der Waals surface area contributed by atoms with Gasteiger partial charge >= 0.3 is 0 Å². The van der Waals surface area contributed by atoms with E-state index in [1.165, 1.54) is 87.6 Å². The second-order valence-corrected chi connectivity index (χ2v) is 13.8. The molecule has 0 bridgehead atoms. The topological polar surface area (TPSA) is 6.25 Å². The van der Waals surface area contributed by atoms with Crippen LogP contribution in [0.25, 0.3) is 21.5 Å². The highest BCUT2D eigenvalue weighted by Gasteiger charge is 2.44. The molecule has 0 saturated carbocycles. The minimum atomic E-state index is -0.0674. The van der Waals surface area contributed by atoms with E-state index in [1.807, 2.05) is 0 Å². The lowest BCUT2D eigenvalue weighted by atomic mass is 9.79. The van der Waals surface area contributed by atoms with E-state index in [1.54, 1.807) is 0 Å². The lowest BCUT2D eigenvalue weighted by Gasteiger charge is -2.27. The Labute approximate surface area is 278 Å². The van der Waals surface area contributed by atoms with Crippen LogP contribution in [0, 0.1) is 0 Å². The average Bonchev–Trinajstić information content (AvgIpc) is 3.38. The van der Waals surface area contributed by atoms with Crippen LogP contribution in [0.15, 0.2) is 121 Å². The molecule has 46 heavy (non-hydrogen) atoms. The van der Waals surface area contributed by atoms with Crippen molar-refractivity contribution >= 4 is 38.6 Å². The van der Waals surface area contributed by atoms with E-state index < -0.39 is 0 Å². The maximum Gasteiger partial charge on any atom is 0.210 e. The molecule has 0 fully saturated rings. The molecule has 0 radical (unpaired) electrons. The van der Waals surface area contributed by atoms with Crippen molar-refractivity contribution in [1.29, 1.82) is 0 Å². The van der Waals surface area contributed by atoms with Crippen LogP contribution in [0.4, 0.5) is 11.4 Å². The molecule has 2 nitrogen and oxygen atoms in total. The molecule has 2 aliphatic heterocycles. The van der Waals surface area contributed by atoms with Crippen molar-refractivity contribution in [3.05, 3.63) is 132 Å². The number of nitrogens with zero attached hydrogens (tertiary/aromatic N) is 2. The molecule has 0 saturated heterocycles. The maximum atomic E-state index is 2.59. The molecule has 0 aliphatic carbocycles. The number of anilines is 1. The number of rotatable bonds is 10. The van der Waals surface area contributed by atoms with Crippen LogP contribution < -0.4 is 4.90 Å². The van der Waals surface area contributed by atoms with Crippen LogP contribution in [-0.4, -0.2) is 23.9 Å². The first-order valence-electron chi connectivity index (χ1n) is 16.9. The number of hydrogen-bond acceptors (Lipinski definition) is 1. The van der Waals surface area contributed by atoms with Crippen molar-refractivity contribution in [2.75, 3.05) is 18.5 Å². The van der Waals surface area contributed by atoms with E-state index in [2.05, 4.69) is 166 Å². The van der Waals surface area contributed by atoms with Gasteiger partial charge in [-0.3, -0.25) is 0 Å². The van der Waals surface area contributed by atoms with Gasteiger partial charge in [-0.05, 0) is 65.6 Å². The summed E-state index contributed by atoms with van der Waals surface area (Å²) in [7, 11) is 2.19. The van der Waals surface area contributed by atoms with Crippen LogP contribution in [0.1, 0.15) is 85.3 Å². The van der Waals surface area contributed by atoms with Crippen molar-refractivity contribution < 1.29 is 4.58 Å². The number of fused-ring (bicyclic) bond motifs is 6. The van der Waals surface area contributed by atoms with Crippen molar-refractivity contribution in [2.45, 2.75) is 85.0 Å². The summed E-state index contributed by atoms with van der Waals surface area (Å²) in [6.45, 7) is 12.8. The smallest absolute Gasteiger partial charge is 0.210 e. The van der Waals surface area contributed by atoms with Gasteiger partial charge in [0.05, 0.1) is 5.41 Å². The fourth-order valence-corrected chi connectivity index (χ4v) is 7.83. The van der Waals surface area contributed by atoms with E-state index in [0.29, 0.717) is 0 Å². The summed E-state index contributed by atoms with van der Waals surface area (Å²) in [5.74, 6) is 0. The van der Waals surface area contributed by atoms with Gasteiger partial charge in [-0.25, -0.2) is 0 Å². The third-order valence-corrected chi connectivity index (χ3v) is 10.1. The lowest BCUT2D eigenvalue weighted by Crippen LogP contribution is -2.27. The van der Waals surface area contributed by atoms with Gasteiger partial charge in [-0.1, -0.05) is 139 Å². The van der Waals surface area contributed by atoms with Crippen molar-refractivity contribution in [3.8, 4) is 0 Å². The van der Waals surface area contributed by atoms with Gasteiger partial charge in [0.1, 0.15) is 7.05 Å². The van der Waals surface area contributed by atoms with E-state index >= 15 is 0 Å². The first-order valence-corrected chi connectivity index (χ1v) is 16.9. The maximum absolute atomic E-state index is 2.59. The monoisotopic (exact) mass is 609 g/mol. The molecule has 0 atom stereocenters. The van der Waals surface area contributed by atoms with Gasteiger partial charge in [-0.15, -0.1) is 0 Å². The zero-order valence-electron chi connectivity index (χ0n) is 28.1. The number of unbranched alkanes of at least 4 members (excludes halogenated alkanes) is 4. The van der Waals surface area contributed by atoms with Gasteiger partial charge in [0.25, 0.3) is 0 Å². The Hall–Kier alpha value is -4.17. The molecular weight excluding hydrogens is 556 g/mol. The molecule has 0 amide bonds. The Bertz CT molecular complexity index is 1880. The van der Waals surface area contributed by atoms with Crippen LogP contribution in [-0.2, 0) is 10.8 Å². The molecule has 0 spiro atoms. The van der Waals surface area contributed by atoms with Gasteiger partial charge in [0.2, 0.25) is 5.69 Å². The standard InChI is InChI=1S/C43H49N2.CH4/c1-7-8-9-13-20-31-45-37-30-28-33-22-17-19-24-35(33)41(37)43(4,5)39(45)26-15-12-10-11-14-25-38-42(2,3)40-34-23-18-16-21-32(34)27-29-36(40)44(38)6;/h10-12,14-19,21-30H,7-9,13,20,31H2,1-6H3;1H4/q+1;. The summed E-state index contributed by atoms with van der Waals surface area (Å²) in [6.07, 6.45) is 21.9. The van der Waals surface area contributed by atoms with Crippen LogP contribution in [0.2, 0.25) is 0 Å². The lowest BCUT2D eigenvalue weighted by molar-refractivity contribution is -0.401. The summed E-state index contributed by atoms with van der Waals surface area (Å²) < 4.78 is 2.35. The molecular formula is C44H53N2+. The quantitative estimate of drug-likeness (QED) is 0.0985. The molecule has 4 aromatic carbocycles. The summed E-state index contributed by atoms with van der Waals surface area (Å²) in [5, 5.41) is 5.35. The van der Waals surface area contributed by atoms with E-state index in [9.17, 15) is 0 Å². The first kappa shape index (κ1) is 33.2. The molecule has 0 unspecified atom stereocenters. The Morgan fingerprint density at radius 2 is 1.26 bits per heavy atom. The highest BCUT2D eigenvalue weighted by atomic mass is 15.2. The van der Waals surface area contributed by atoms with Gasteiger partial charge < -0.3 is 4.90 Å². The number of benzene rings is 4. The molecule has 2 aliphatic rings. The second kappa shape index (κ2) is 13.7. The fraction of sp³-hybridized carbons (Fsp3) is 0.341. The van der Waals surface area contributed by atoms with Crippen molar-refractivity contribution in [2.24, 2.45) is 0 Å². The van der Waals surface area contributed by atoms with Gasteiger partial charge in [0.15, 0.2) is 5.71 Å². The van der Waals surface area contributed by atoms with Gasteiger partial charge in [-0.2, -0.15) is 4.58 Å². The van der Waals surface area contributed by atoms with Gasteiger partial charge in [0, 0.05) is 41.1 Å². The molecule has 4 aromatic rings. The van der Waals surface area contributed by atoms with E-state index in [4.69, 9.17) is 0 Å². The summed E-state index contributed by atoms with van der Waals surface area (Å²) in [6, 6.07) is 26.8. The summed E-state index contributed by atoms with van der Waals surface area (Å²) in [5.41, 5.74) is 8.13. The van der Waals surface area contributed by atoms with Crippen molar-refractivity contribution in [1.82, 2.24) is 0 Å². The zero-order chi connectivity index (χ0) is 31.6. The van der Waals surface area contributed by atoms with Crippen LogP contribution >= 0.6 is 0 Å². The number of allylic oxidation sites excluding steroid dienone is 8. The number of hydrogen-bond donors (Lipinski definition) is 0. The predicted molar refractivity (Wildman–Crippen MR) is 203 cm³/mol. The second-order valence-electron chi connectivity index (χ2n) is 13.8. The predicted octanol–water partition coefficient (Wildman–Crippen LogP) is 12.0. The Balaban J connectivity index is 0.00000417. The summed E-state index contributed by atoms with van der Waals surface area (Å²) in [4.78, 5) is 2.59. The minimum Gasteiger partial charge on any atom is -0.344 e. The molecule has 2 heterocycles. The normalized spacial score (nSPS) is 17.7. The largest absolute Gasteiger partial charge is 0.344 e. The third-order valence-electron chi connectivity index (χ3n) is 10.1. The fourth-order valence-electron chi connectivity index (χ4n) is 7.83. The molecule has 2 heteroatoms. The third kappa shape index (κ3) is 5.91. The molecule has 0 N–H and O–H groups in total. The average molecular weight is 610 g/mol. The molecule has 0 aromatic heterocycles. The first-order chi connectivity index (χ1) is 21.8. The highest BCUT2D eigenvalue weighted by molar-refractivity contribution is 6.07. The highest BCUT2D eigenvalue weighted by Crippen LogP contribution is 2.51. The molecule has 238 valence electrons. The SMILES string of the molecule is C.CCCCCCCN1/C(=C/C=C/C=C/C=C/C2=[N+](C)c3ccc4ccccc4c3C2(C)C)C(C)(C)c2c1ccc1ccccc21. The Morgan fingerprint density at radius 1 is 0.652 bits per heavy atom. The van der Waals surface area contributed by atoms with E-state index in [-0.39, 0.29) is 18.3 Å². The van der Waals surface area contributed by atoms with Crippen LogP contribution in [0.3, 0.4) is 0 Å². The van der Waals surface area contributed by atoms with E-state index in [0.717, 1.165) is 6.54 Å². The Kier molecular flexibility index (Phi) is 9.87. The molecule has 6 rings (SSSR count). The van der Waals surface area contributed by atoms with Crippen molar-refractivity contribution in [3.63, 3.8) is 0 Å². The Morgan fingerprint density at radius 3 is 1.98 bits per heavy atom. The minimum absolute atomic E-state index is 0. The zero-order valence-corrected chi connectivity index (χ0v) is 28.1. The van der Waals surface area contributed by atoms with Crippen LogP contribution in [0.5, 0.6) is 0 Å². The summed E-state index contributed by atoms with van der Waals surface area (Å²) >= 11 is 0.